The van der Waals surface area contributed by atoms with Gasteiger partial charge in [-0.2, -0.15) is 0 Å². The zero-order chi connectivity index (χ0) is 15.3. The molecule has 0 amide bonds. The van der Waals surface area contributed by atoms with E-state index >= 15 is 0 Å². The van der Waals surface area contributed by atoms with Gasteiger partial charge in [-0.05, 0) is 36.1 Å². The highest BCUT2D eigenvalue weighted by atomic mass is 16.7. The summed E-state index contributed by atoms with van der Waals surface area (Å²) in [5, 5.41) is 0. The molecular formula is C19H22O4. The molecule has 4 nitrogen and oxygen atoms in total. The zero-order valence-electron chi connectivity index (χ0n) is 13.3. The normalized spacial score (nSPS) is 26.4. The number of ether oxygens (including phenoxy) is 4. The van der Waals surface area contributed by atoms with Crippen molar-refractivity contribution in [1.82, 2.24) is 0 Å². The molecule has 0 N–H and O–H groups in total. The Balaban J connectivity index is 1.47. The Hall–Kier alpha value is -1.52. The molecule has 5 rings (SSSR count). The summed E-state index contributed by atoms with van der Waals surface area (Å²) in [6.07, 6.45) is 9.62. The van der Waals surface area contributed by atoms with Crippen LogP contribution in [0.2, 0.25) is 0 Å². The molecule has 1 saturated heterocycles. The van der Waals surface area contributed by atoms with Crippen molar-refractivity contribution in [2.24, 2.45) is 0 Å². The van der Waals surface area contributed by atoms with E-state index in [9.17, 15) is 0 Å². The van der Waals surface area contributed by atoms with Gasteiger partial charge in [0.1, 0.15) is 0 Å². The number of allylic oxidation sites excluding steroid dienone is 1. The Labute approximate surface area is 136 Å². The summed E-state index contributed by atoms with van der Waals surface area (Å²) < 4.78 is 23.5. The van der Waals surface area contributed by atoms with Crippen LogP contribution >= 0.6 is 0 Å². The lowest BCUT2D eigenvalue weighted by Gasteiger charge is -2.41. The van der Waals surface area contributed by atoms with E-state index in [0.717, 1.165) is 70.0 Å². The van der Waals surface area contributed by atoms with Crippen molar-refractivity contribution in [1.29, 1.82) is 0 Å². The van der Waals surface area contributed by atoms with Crippen LogP contribution in [-0.2, 0) is 14.9 Å². The molecule has 1 aromatic rings. The lowest BCUT2D eigenvalue weighted by Crippen LogP contribution is -2.40. The Morgan fingerprint density at radius 3 is 2.22 bits per heavy atom. The molecule has 2 aliphatic carbocycles. The maximum atomic E-state index is 5.90. The van der Waals surface area contributed by atoms with Crippen molar-refractivity contribution in [3.05, 3.63) is 29.3 Å². The first-order valence-electron chi connectivity index (χ1n) is 8.70. The van der Waals surface area contributed by atoms with Crippen molar-refractivity contribution in [3.63, 3.8) is 0 Å². The number of hydrogen-bond donors (Lipinski definition) is 0. The van der Waals surface area contributed by atoms with Crippen molar-refractivity contribution in [2.75, 3.05) is 26.4 Å². The maximum Gasteiger partial charge on any atom is 0.168 e. The zero-order valence-corrected chi connectivity index (χ0v) is 13.3. The first-order chi connectivity index (χ1) is 11.3. The van der Waals surface area contributed by atoms with Gasteiger partial charge in [0, 0.05) is 24.7 Å². The molecule has 0 aromatic heterocycles. The number of rotatable bonds is 0. The predicted octanol–water partition coefficient (Wildman–Crippen LogP) is 3.43. The van der Waals surface area contributed by atoms with Gasteiger partial charge in [-0.25, -0.2) is 0 Å². The second-order valence-corrected chi connectivity index (χ2v) is 7.03. The van der Waals surface area contributed by atoms with Crippen LogP contribution < -0.4 is 9.47 Å². The average molecular weight is 314 g/mol. The highest BCUT2D eigenvalue weighted by Crippen LogP contribution is 2.52. The molecule has 2 spiro atoms. The molecule has 4 heteroatoms. The number of fused-ring (bicyclic) bond motifs is 3. The molecular weight excluding hydrogens is 292 g/mol. The standard InChI is InChI=1S/C19H22O4/c1-8-20-16-12-14-2-3-18(15(14)13-17(16)21-9-1)4-6-19(7-5-18)22-10-11-23-19/h2-3,12-13H,1,4-11H2. The minimum Gasteiger partial charge on any atom is -0.490 e. The average Bonchev–Trinajstić information content (AvgIpc) is 3.08. The van der Waals surface area contributed by atoms with Gasteiger partial charge in [0.05, 0.1) is 26.4 Å². The van der Waals surface area contributed by atoms with Crippen LogP contribution in [0.5, 0.6) is 11.5 Å². The number of hydrogen-bond acceptors (Lipinski definition) is 4. The highest BCUT2D eigenvalue weighted by Gasteiger charge is 2.47. The molecule has 2 aliphatic heterocycles. The van der Waals surface area contributed by atoms with Crippen LogP contribution in [0.4, 0.5) is 0 Å². The van der Waals surface area contributed by atoms with Crippen LogP contribution in [0.25, 0.3) is 6.08 Å². The molecule has 2 fully saturated rings. The second kappa shape index (κ2) is 4.99. The smallest absolute Gasteiger partial charge is 0.168 e. The third-order valence-electron chi connectivity index (χ3n) is 5.76. The quantitative estimate of drug-likeness (QED) is 0.735. The molecule has 4 aliphatic rings. The van der Waals surface area contributed by atoms with Gasteiger partial charge in [0.25, 0.3) is 0 Å². The van der Waals surface area contributed by atoms with Gasteiger partial charge >= 0.3 is 0 Å². The van der Waals surface area contributed by atoms with Gasteiger partial charge in [-0.3, -0.25) is 0 Å². The van der Waals surface area contributed by atoms with Crippen LogP contribution in [0, 0.1) is 0 Å². The Morgan fingerprint density at radius 1 is 0.783 bits per heavy atom. The van der Waals surface area contributed by atoms with Crippen LogP contribution in [0.1, 0.15) is 43.2 Å². The molecule has 1 saturated carbocycles. The molecule has 23 heavy (non-hydrogen) atoms. The fourth-order valence-corrected chi connectivity index (χ4v) is 4.43. The van der Waals surface area contributed by atoms with E-state index in [1.165, 1.54) is 11.1 Å². The first-order valence-corrected chi connectivity index (χ1v) is 8.70. The topological polar surface area (TPSA) is 36.9 Å². The van der Waals surface area contributed by atoms with Crippen molar-refractivity contribution in [2.45, 2.75) is 43.3 Å². The molecule has 122 valence electrons. The van der Waals surface area contributed by atoms with Gasteiger partial charge in [0.2, 0.25) is 0 Å². The van der Waals surface area contributed by atoms with Crippen LogP contribution in [0.15, 0.2) is 18.2 Å². The molecule has 1 aromatic carbocycles. The Kier molecular flexibility index (Phi) is 3.01. The van der Waals surface area contributed by atoms with Crippen LogP contribution in [-0.4, -0.2) is 32.2 Å². The fraction of sp³-hybridized carbons (Fsp3) is 0.579. The largest absolute Gasteiger partial charge is 0.490 e. The van der Waals surface area contributed by atoms with Crippen molar-refractivity contribution in [3.8, 4) is 11.5 Å². The summed E-state index contributed by atoms with van der Waals surface area (Å²) >= 11 is 0. The third kappa shape index (κ3) is 2.12. The van der Waals surface area contributed by atoms with Crippen LogP contribution in [0.3, 0.4) is 0 Å². The Morgan fingerprint density at radius 2 is 1.48 bits per heavy atom. The minimum absolute atomic E-state index is 0.112. The first kappa shape index (κ1) is 13.9. The SMILES string of the molecule is C1=CC2(CCC3(CC2)OCCO3)c2cc3c(cc21)OCCCO3. The van der Waals surface area contributed by atoms with E-state index in [4.69, 9.17) is 18.9 Å². The van der Waals surface area contributed by atoms with Crippen molar-refractivity contribution >= 4 is 6.08 Å². The third-order valence-corrected chi connectivity index (χ3v) is 5.76. The summed E-state index contributed by atoms with van der Waals surface area (Å²) in [7, 11) is 0. The molecule has 0 atom stereocenters. The van der Waals surface area contributed by atoms with E-state index < -0.39 is 0 Å². The van der Waals surface area contributed by atoms with Gasteiger partial charge in [-0.15, -0.1) is 0 Å². The predicted molar refractivity (Wildman–Crippen MR) is 85.9 cm³/mol. The number of benzene rings is 1. The maximum absolute atomic E-state index is 5.90. The molecule has 0 unspecified atom stereocenters. The Bertz CT molecular complexity index is 648. The lowest BCUT2D eigenvalue weighted by atomic mass is 9.69. The molecule has 0 bridgehead atoms. The van der Waals surface area contributed by atoms with E-state index in [1.54, 1.807) is 0 Å². The monoisotopic (exact) mass is 314 g/mol. The van der Waals surface area contributed by atoms with Gasteiger partial charge < -0.3 is 18.9 Å². The van der Waals surface area contributed by atoms with Crippen molar-refractivity contribution < 1.29 is 18.9 Å². The summed E-state index contributed by atoms with van der Waals surface area (Å²) in [5.74, 6) is 1.48. The van der Waals surface area contributed by atoms with E-state index in [0.29, 0.717) is 0 Å². The summed E-state index contributed by atoms with van der Waals surface area (Å²) in [5.41, 5.74) is 2.77. The summed E-state index contributed by atoms with van der Waals surface area (Å²) in [6, 6.07) is 4.36. The minimum atomic E-state index is -0.312. The lowest BCUT2D eigenvalue weighted by molar-refractivity contribution is -0.182. The van der Waals surface area contributed by atoms with Gasteiger partial charge in [-0.1, -0.05) is 12.2 Å². The fourth-order valence-electron chi connectivity index (χ4n) is 4.43. The molecule has 0 radical (unpaired) electrons. The van der Waals surface area contributed by atoms with E-state index in [2.05, 4.69) is 24.3 Å². The molecule has 2 heterocycles. The summed E-state index contributed by atoms with van der Waals surface area (Å²) in [4.78, 5) is 0. The van der Waals surface area contributed by atoms with Gasteiger partial charge in [0.15, 0.2) is 17.3 Å². The van der Waals surface area contributed by atoms with E-state index in [1.807, 2.05) is 0 Å². The highest BCUT2D eigenvalue weighted by molar-refractivity contribution is 5.69. The second-order valence-electron chi connectivity index (χ2n) is 7.03. The van der Waals surface area contributed by atoms with E-state index in [-0.39, 0.29) is 11.2 Å². The summed E-state index contributed by atoms with van der Waals surface area (Å²) in [6.45, 7) is 2.94.